The number of rotatable bonds is 8. The number of likely N-dealkylation sites (N-methyl/N-ethyl adjacent to an activating group) is 1. The molecule has 1 aliphatic carbocycles. The third kappa shape index (κ3) is 5.54. The SMILES string of the molecule is CCN(CCCN(C)C)C1CC(C(C)(C)CC)CCC1O. The molecule has 0 aromatic rings. The van der Waals surface area contributed by atoms with Gasteiger partial charge in [-0.25, -0.2) is 0 Å². The number of nitrogens with zero attached hydrogens (tertiary/aromatic N) is 2. The molecular formula is C18H38N2O. The Balaban J connectivity index is 2.63. The summed E-state index contributed by atoms with van der Waals surface area (Å²) in [6.45, 7) is 12.6. The minimum absolute atomic E-state index is 0.131. The van der Waals surface area contributed by atoms with Gasteiger partial charge in [0.25, 0.3) is 0 Å². The molecule has 21 heavy (non-hydrogen) atoms. The Morgan fingerprint density at radius 1 is 1.10 bits per heavy atom. The van der Waals surface area contributed by atoms with E-state index in [1.54, 1.807) is 0 Å². The average Bonchev–Trinajstić information content (AvgIpc) is 2.44. The highest BCUT2D eigenvalue weighted by Crippen LogP contribution is 2.41. The van der Waals surface area contributed by atoms with Gasteiger partial charge in [0.1, 0.15) is 0 Å². The lowest BCUT2D eigenvalue weighted by Crippen LogP contribution is -2.49. The van der Waals surface area contributed by atoms with Crippen LogP contribution in [0.5, 0.6) is 0 Å². The summed E-state index contributed by atoms with van der Waals surface area (Å²) < 4.78 is 0. The van der Waals surface area contributed by atoms with Gasteiger partial charge in [-0.2, -0.15) is 0 Å². The van der Waals surface area contributed by atoms with Gasteiger partial charge in [0, 0.05) is 6.04 Å². The van der Waals surface area contributed by atoms with Gasteiger partial charge in [-0.1, -0.05) is 34.1 Å². The molecule has 0 saturated heterocycles. The fourth-order valence-corrected chi connectivity index (χ4v) is 3.67. The van der Waals surface area contributed by atoms with E-state index in [9.17, 15) is 5.11 Å². The fraction of sp³-hybridized carbons (Fsp3) is 1.00. The largest absolute Gasteiger partial charge is 0.391 e. The van der Waals surface area contributed by atoms with Crippen molar-refractivity contribution >= 4 is 0 Å². The Morgan fingerprint density at radius 3 is 2.29 bits per heavy atom. The molecule has 1 fully saturated rings. The van der Waals surface area contributed by atoms with Crippen molar-refractivity contribution in [2.24, 2.45) is 11.3 Å². The highest BCUT2D eigenvalue weighted by Gasteiger charge is 2.38. The molecule has 0 aromatic heterocycles. The molecule has 1 saturated carbocycles. The van der Waals surface area contributed by atoms with E-state index in [0.29, 0.717) is 11.5 Å². The Bertz CT molecular complexity index is 291. The Hall–Kier alpha value is -0.120. The quantitative estimate of drug-likeness (QED) is 0.745. The van der Waals surface area contributed by atoms with Crippen LogP contribution in [0.15, 0.2) is 0 Å². The maximum absolute atomic E-state index is 10.5. The lowest BCUT2D eigenvalue weighted by molar-refractivity contribution is -0.0199. The van der Waals surface area contributed by atoms with Crippen LogP contribution < -0.4 is 0 Å². The number of hydrogen-bond acceptors (Lipinski definition) is 3. The van der Waals surface area contributed by atoms with Gasteiger partial charge >= 0.3 is 0 Å². The van der Waals surface area contributed by atoms with Crippen LogP contribution in [0.4, 0.5) is 0 Å². The zero-order valence-electron chi connectivity index (χ0n) is 15.2. The predicted molar refractivity (Wildman–Crippen MR) is 91.6 cm³/mol. The van der Waals surface area contributed by atoms with Crippen molar-refractivity contribution in [1.29, 1.82) is 0 Å². The molecule has 1 aliphatic rings. The summed E-state index contributed by atoms with van der Waals surface area (Å²) in [7, 11) is 4.26. The second kappa shape index (κ2) is 8.50. The van der Waals surface area contributed by atoms with Gasteiger partial charge in [-0.05, 0) is 70.7 Å². The second-order valence-corrected chi connectivity index (χ2v) is 7.77. The number of aliphatic hydroxyl groups is 1. The van der Waals surface area contributed by atoms with E-state index in [1.165, 1.54) is 19.3 Å². The van der Waals surface area contributed by atoms with Crippen molar-refractivity contribution < 1.29 is 5.11 Å². The molecular weight excluding hydrogens is 260 g/mol. The first kappa shape index (κ1) is 18.9. The smallest absolute Gasteiger partial charge is 0.0695 e. The topological polar surface area (TPSA) is 26.7 Å². The third-order valence-corrected chi connectivity index (χ3v) is 5.72. The standard InChI is InChI=1S/C18H38N2O/c1-7-18(3,4)15-10-11-17(21)16(14-15)20(8-2)13-9-12-19(5)6/h15-17,21H,7-14H2,1-6H3. The first-order valence-corrected chi connectivity index (χ1v) is 8.88. The second-order valence-electron chi connectivity index (χ2n) is 7.77. The van der Waals surface area contributed by atoms with Crippen molar-refractivity contribution in [2.75, 3.05) is 33.7 Å². The van der Waals surface area contributed by atoms with Crippen molar-refractivity contribution in [2.45, 2.75) is 71.9 Å². The highest BCUT2D eigenvalue weighted by atomic mass is 16.3. The van der Waals surface area contributed by atoms with Crippen LogP contribution in [0.2, 0.25) is 0 Å². The van der Waals surface area contributed by atoms with Crippen LogP contribution in [0.1, 0.15) is 59.8 Å². The zero-order chi connectivity index (χ0) is 16.0. The van der Waals surface area contributed by atoms with Gasteiger partial charge in [-0.3, -0.25) is 4.90 Å². The van der Waals surface area contributed by atoms with Crippen molar-refractivity contribution in [3.63, 3.8) is 0 Å². The minimum atomic E-state index is -0.131. The third-order valence-electron chi connectivity index (χ3n) is 5.72. The maximum Gasteiger partial charge on any atom is 0.0695 e. The fourth-order valence-electron chi connectivity index (χ4n) is 3.67. The Morgan fingerprint density at radius 2 is 1.76 bits per heavy atom. The predicted octanol–water partition coefficient (Wildman–Crippen LogP) is 3.23. The zero-order valence-corrected chi connectivity index (χ0v) is 15.2. The van der Waals surface area contributed by atoms with Gasteiger partial charge in [0.05, 0.1) is 6.10 Å². The molecule has 126 valence electrons. The van der Waals surface area contributed by atoms with Crippen LogP contribution in [0.25, 0.3) is 0 Å². The van der Waals surface area contributed by atoms with E-state index >= 15 is 0 Å². The molecule has 0 spiro atoms. The molecule has 3 unspecified atom stereocenters. The average molecular weight is 299 g/mol. The lowest BCUT2D eigenvalue weighted by atomic mass is 9.67. The Labute approximate surface area is 132 Å². The van der Waals surface area contributed by atoms with E-state index in [-0.39, 0.29) is 6.10 Å². The molecule has 0 heterocycles. The lowest BCUT2D eigenvalue weighted by Gasteiger charge is -2.45. The minimum Gasteiger partial charge on any atom is -0.391 e. The van der Waals surface area contributed by atoms with E-state index in [0.717, 1.165) is 38.4 Å². The van der Waals surface area contributed by atoms with Gasteiger partial charge in [0.2, 0.25) is 0 Å². The summed E-state index contributed by atoms with van der Waals surface area (Å²) in [5.41, 5.74) is 0.404. The van der Waals surface area contributed by atoms with E-state index in [1.807, 2.05) is 0 Å². The van der Waals surface area contributed by atoms with Crippen LogP contribution >= 0.6 is 0 Å². The molecule has 1 rings (SSSR count). The molecule has 1 N–H and O–H groups in total. The summed E-state index contributed by atoms with van der Waals surface area (Å²) in [5.74, 6) is 0.749. The molecule has 3 heteroatoms. The first-order chi connectivity index (χ1) is 9.81. The van der Waals surface area contributed by atoms with Crippen LogP contribution in [-0.4, -0.2) is 60.8 Å². The van der Waals surface area contributed by atoms with Crippen LogP contribution in [0, 0.1) is 11.3 Å². The Kier molecular flexibility index (Phi) is 7.66. The summed E-state index contributed by atoms with van der Waals surface area (Å²) in [5, 5.41) is 10.5. The number of hydrogen-bond donors (Lipinski definition) is 1. The van der Waals surface area contributed by atoms with Gasteiger partial charge < -0.3 is 10.0 Å². The molecule has 0 aromatic carbocycles. The summed E-state index contributed by atoms with van der Waals surface area (Å²) in [6.07, 6.45) is 5.61. The summed E-state index contributed by atoms with van der Waals surface area (Å²) in [4.78, 5) is 4.76. The van der Waals surface area contributed by atoms with E-state index < -0.39 is 0 Å². The first-order valence-electron chi connectivity index (χ1n) is 8.88. The van der Waals surface area contributed by atoms with Gasteiger partial charge in [-0.15, -0.1) is 0 Å². The number of aliphatic hydroxyl groups excluding tert-OH is 1. The molecule has 0 aliphatic heterocycles. The summed E-state index contributed by atoms with van der Waals surface area (Å²) in [6, 6.07) is 0.363. The van der Waals surface area contributed by atoms with Crippen molar-refractivity contribution in [3.05, 3.63) is 0 Å². The maximum atomic E-state index is 10.5. The molecule has 0 radical (unpaired) electrons. The van der Waals surface area contributed by atoms with Crippen LogP contribution in [-0.2, 0) is 0 Å². The van der Waals surface area contributed by atoms with Gasteiger partial charge in [0.15, 0.2) is 0 Å². The monoisotopic (exact) mass is 298 g/mol. The highest BCUT2D eigenvalue weighted by molar-refractivity contribution is 4.91. The summed E-state index contributed by atoms with van der Waals surface area (Å²) >= 11 is 0. The van der Waals surface area contributed by atoms with E-state index in [4.69, 9.17) is 0 Å². The molecule has 0 bridgehead atoms. The normalized spacial score (nSPS) is 27.6. The van der Waals surface area contributed by atoms with Crippen LogP contribution in [0.3, 0.4) is 0 Å². The molecule has 3 atom stereocenters. The van der Waals surface area contributed by atoms with E-state index in [2.05, 4.69) is 51.6 Å². The molecule has 0 amide bonds. The van der Waals surface area contributed by atoms with Crippen molar-refractivity contribution in [3.8, 4) is 0 Å². The van der Waals surface area contributed by atoms with Crippen molar-refractivity contribution in [1.82, 2.24) is 9.80 Å². The molecule has 3 nitrogen and oxygen atoms in total.